The molecule has 6 heteroatoms. The van der Waals surface area contributed by atoms with Gasteiger partial charge >= 0.3 is 17.9 Å². The van der Waals surface area contributed by atoms with Crippen LogP contribution >= 0.6 is 0 Å². The number of carbonyl (C=O) groups excluding carboxylic acids is 3. The summed E-state index contributed by atoms with van der Waals surface area (Å²) in [6.45, 7) is 13.7. The molecular formula is C52H100O6. The molecule has 0 aromatic rings. The van der Waals surface area contributed by atoms with Gasteiger partial charge in [0.2, 0.25) is 0 Å². The summed E-state index contributed by atoms with van der Waals surface area (Å²) >= 11 is 0. The molecule has 0 N–H and O–H groups in total. The van der Waals surface area contributed by atoms with Crippen molar-refractivity contribution in [3.63, 3.8) is 0 Å². The lowest BCUT2D eigenvalue weighted by atomic mass is 10.0. The molecule has 0 aliphatic carbocycles. The summed E-state index contributed by atoms with van der Waals surface area (Å²) < 4.78 is 16.8. The number of hydrogen-bond acceptors (Lipinski definition) is 6. The molecule has 0 bridgehead atoms. The van der Waals surface area contributed by atoms with Gasteiger partial charge in [-0.05, 0) is 37.0 Å². The molecule has 0 spiro atoms. The molecule has 0 unspecified atom stereocenters. The summed E-state index contributed by atoms with van der Waals surface area (Å²) in [5, 5.41) is 0. The van der Waals surface area contributed by atoms with E-state index in [1.165, 1.54) is 161 Å². The molecule has 0 aromatic heterocycles. The van der Waals surface area contributed by atoms with E-state index < -0.39 is 6.10 Å². The Morgan fingerprint density at radius 2 is 0.500 bits per heavy atom. The van der Waals surface area contributed by atoms with E-state index in [1.54, 1.807) is 0 Å². The zero-order chi connectivity index (χ0) is 42.7. The summed E-state index contributed by atoms with van der Waals surface area (Å²) in [7, 11) is 0. The largest absolute Gasteiger partial charge is 0.462 e. The van der Waals surface area contributed by atoms with Crippen LogP contribution in [0.1, 0.15) is 279 Å². The Labute approximate surface area is 361 Å². The first-order valence-corrected chi connectivity index (χ1v) is 25.6. The number of hydrogen-bond donors (Lipinski definition) is 0. The van der Waals surface area contributed by atoms with Crippen LogP contribution in [-0.2, 0) is 28.6 Å². The highest BCUT2D eigenvalue weighted by atomic mass is 16.6. The Morgan fingerprint density at radius 3 is 0.741 bits per heavy atom. The van der Waals surface area contributed by atoms with Crippen LogP contribution in [0.5, 0.6) is 0 Å². The lowest BCUT2D eigenvalue weighted by Crippen LogP contribution is -2.30. The van der Waals surface area contributed by atoms with E-state index in [4.69, 9.17) is 14.2 Å². The summed E-state index contributed by atoms with van der Waals surface area (Å²) in [6, 6.07) is 0. The highest BCUT2D eigenvalue weighted by Crippen LogP contribution is 2.17. The molecule has 0 aliphatic rings. The molecule has 0 aliphatic heterocycles. The van der Waals surface area contributed by atoms with Crippen molar-refractivity contribution in [1.82, 2.24) is 0 Å². The van der Waals surface area contributed by atoms with E-state index in [9.17, 15) is 14.4 Å². The maximum absolute atomic E-state index is 12.8. The zero-order valence-corrected chi connectivity index (χ0v) is 39.8. The van der Waals surface area contributed by atoms with Crippen molar-refractivity contribution in [2.75, 3.05) is 13.2 Å². The molecule has 6 nitrogen and oxygen atoms in total. The van der Waals surface area contributed by atoms with Gasteiger partial charge in [0.25, 0.3) is 0 Å². The fraction of sp³-hybridized carbons (Fsp3) is 0.942. The van der Waals surface area contributed by atoms with Gasteiger partial charge in [-0.3, -0.25) is 14.4 Å². The summed E-state index contributed by atoms with van der Waals surface area (Å²) in [6.07, 6.45) is 42.4. The molecule has 0 saturated carbocycles. The van der Waals surface area contributed by atoms with E-state index in [-0.39, 0.29) is 31.1 Å². The second kappa shape index (κ2) is 43.5. The molecule has 1 atom stereocenters. The van der Waals surface area contributed by atoms with Gasteiger partial charge in [0.15, 0.2) is 6.10 Å². The Balaban J connectivity index is 4.28. The van der Waals surface area contributed by atoms with Crippen molar-refractivity contribution in [3.8, 4) is 0 Å². The Morgan fingerprint density at radius 1 is 0.293 bits per heavy atom. The topological polar surface area (TPSA) is 78.9 Å². The number of unbranched alkanes of at least 4 members (excludes halogenated alkanes) is 28. The maximum atomic E-state index is 12.8. The number of rotatable bonds is 45. The molecule has 58 heavy (non-hydrogen) atoms. The van der Waals surface area contributed by atoms with Crippen molar-refractivity contribution in [2.24, 2.45) is 17.8 Å². The van der Waals surface area contributed by atoms with Gasteiger partial charge in [-0.25, -0.2) is 0 Å². The number of ether oxygens (including phenoxy) is 3. The molecule has 0 fully saturated rings. The minimum Gasteiger partial charge on any atom is -0.462 e. The number of esters is 3. The first-order chi connectivity index (χ1) is 28.1. The quantitative estimate of drug-likeness (QED) is 0.0346. The summed E-state index contributed by atoms with van der Waals surface area (Å²) in [4.78, 5) is 37.9. The Bertz CT molecular complexity index is 898. The minimum atomic E-state index is -0.763. The molecule has 344 valence electrons. The van der Waals surface area contributed by atoms with Gasteiger partial charge in [0, 0.05) is 19.3 Å². The van der Waals surface area contributed by atoms with Crippen LogP contribution in [0, 0.1) is 17.8 Å². The molecule has 0 heterocycles. The van der Waals surface area contributed by atoms with E-state index in [2.05, 4.69) is 41.5 Å². The molecule has 0 rings (SSSR count). The second-order valence-electron chi connectivity index (χ2n) is 19.2. The SMILES string of the molecule is CC(C)CCCCCCCCCCCCCCCCCC(=O)O[C@H](COC(=O)CCCCCCCCCCCC(C)C)COC(=O)CCCCCCCCCC(C)C. The third-order valence-corrected chi connectivity index (χ3v) is 11.6. The first-order valence-electron chi connectivity index (χ1n) is 25.6. The van der Waals surface area contributed by atoms with Crippen LogP contribution in [0.3, 0.4) is 0 Å². The lowest BCUT2D eigenvalue weighted by Gasteiger charge is -2.18. The van der Waals surface area contributed by atoms with Crippen LogP contribution in [0.4, 0.5) is 0 Å². The maximum Gasteiger partial charge on any atom is 0.306 e. The summed E-state index contributed by atoms with van der Waals surface area (Å²) in [5.74, 6) is 1.58. The van der Waals surface area contributed by atoms with Crippen LogP contribution in [0.15, 0.2) is 0 Å². The Hall–Kier alpha value is -1.59. The van der Waals surface area contributed by atoms with Gasteiger partial charge in [-0.15, -0.1) is 0 Å². The van der Waals surface area contributed by atoms with Crippen LogP contribution < -0.4 is 0 Å². The van der Waals surface area contributed by atoms with Crippen molar-refractivity contribution in [3.05, 3.63) is 0 Å². The van der Waals surface area contributed by atoms with E-state index in [0.717, 1.165) is 75.5 Å². The molecule has 0 aromatic carbocycles. The first kappa shape index (κ1) is 56.4. The van der Waals surface area contributed by atoms with Gasteiger partial charge in [-0.2, -0.15) is 0 Å². The van der Waals surface area contributed by atoms with Crippen molar-refractivity contribution in [2.45, 2.75) is 285 Å². The van der Waals surface area contributed by atoms with Crippen molar-refractivity contribution < 1.29 is 28.6 Å². The standard InChI is InChI=1S/C52H100O6/c1-46(2)38-32-26-20-15-12-10-8-7-9-11-13-17-24-31-37-43-52(55)58-49(45-57-51(54)42-36-30-25-19-22-28-34-40-48(5)6)44-56-50(53)41-35-29-23-18-14-16-21-27-33-39-47(3)4/h46-49H,7-45H2,1-6H3/t49-/m1/s1. The predicted octanol–water partition coefficient (Wildman–Crippen LogP) is 16.4. The molecule has 0 radical (unpaired) electrons. The van der Waals surface area contributed by atoms with Gasteiger partial charge < -0.3 is 14.2 Å². The van der Waals surface area contributed by atoms with Crippen LogP contribution in [0.25, 0.3) is 0 Å². The Kier molecular flexibility index (Phi) is 42.3. The average Bonchev–Trinajstić information content (AvgIpc) is 3.18. The molecular weight excluding hydrogens is 721 g/mol. The van der Waals surface area contributed by atoms with Crippen LogP contribution in [0.2, 0.25) is 0 Å². The normalized spacial score (nSPS) is 12.2. The van der Waals surface area contributed by atoms with Gasteiger partial charge in [0.1, 0.15) is 13.2 Å². The van der Waals surface area contributed by atoms with Gasteiger partial charge in [-0.1, -0.05) is 241 Å². The van der Waals surface area contributed by atoms with Gasteiger partial charge in [0.05, 0.1) is 0 Å². The third kappa shape index (κ3) is 45.5. The van der Waals surface area contributed by atoms with Crippen LogP contribution in [-0.4, -0.2) is 37.2 Å². The average molecular weight is 821 g/mol. The van der Waals surface area contributed by atoms with E-state index >= 15 is 0 Å². The molecule has 0 saturated heterocycles. The summed E-state index contributed by atoms with van der Waals surface area (Å²) in [5.41, 5.74) is 0. The number of carbonyl (C=O) groups is 3. The lowest BCUT2D eigenvalue weighted by molar-refractivity contribution is -0.167. The van der Waals surface area contributed by atoms with Crippen molar-refractivity contribution >= 4 is 17.9 Å². The fourth-order valence-electron chi connectivity index (χ4n) is 7.76. The van der Waals surface area contributed by atoms with Crippen molar-refractivity contribution in [1.29, 1.82) is 0 Å². The third-order valence-electron chi connectivity index (χ3n) is 11.6. The van der Waals surface area contributed by atoms with E-state index in [1.807, 2.05) is 0 Å². The zero-order valence-electron chi connectivity index (χ0n) is 39.8. The smallest absolute Gasteiger partial charge is 0.306 e. The molecule has 0 amide bonds. The highest BCUT2D eigenvalue weighted by Gasteiger charge is 2.19. The second-order valence-corrected chi connectivity index (χ2v) is 19.2. The van der Waals surface area contributed by atoms with E-state index in [0.29, 0.717) is 19.3 Å². The minimum absolute atomic E-state index is 0.0656. The highest BCUT2D eigenvalue weighted by molar-refractivity contribution is 5.71. The predicted molar refractivity (Wildman–Crippen MR) is 247 cm³/mol. The monoisotopic (exact) mass is 821 g/mol. The fourth-order valence-corrected chi connectivity index (χ4v) is 7.76.